The fourth-order valence-electron chi connectivity index (χ4n) is 2.03. The molecule has 1 aromatic carbocycles. The second-order valence-corrected chi connectivity index (χ2v) is 4.81. The molecule has 0 aliphatic rings. The topological polar surface area (TPSA) is 73.8 Å². The average molecular weight is 282 g/mol. The molecule has 106 valence electrons. The van der Waals surface area contributed by atoms with Gasteiger partial charge in [0.1, 0.15) is 0 Å². The highest BCUT2D eigenvalue weighted by atomic mass is 16.5. The Labute approximate surface area is 121 Å². The molecule has 0 saturated heterocycles. The molecule has 0 aliphatic heterocycles. The Morgan fingerprint density at radius 3 is 2.71 bits per heavy atom. The summed E-state index contributed by atoms with van der Waals surface area (Å²) in [6.07, 6.45) is 3.44. The van der Waals surface area contributed by atoms with Crippen molar-refractivity contribution < 1.29 is 9.32 Å². The lowest BCUT2D eigenvalue weighted by molar-refractivity contribution is 0.0951. The van der Waals surface area contributed by atoms with E-state index in [1.54, 1.807) is 36.1 Å². The van der Waals surface area contributed by atoms with Crippen molar-refractivity contribution in [3.8, 4) is 11.4 Å². The predicted molar refractivity (Wildman–Crippen MR) is 75.7 cm³/mol. The van der Waals surface area contributed by atoms with E-state index < -0.39 is 5.92 Å². The Morgan fingerprint density at radius 1 is 1.29 bits per heavy atom. The Kier molecular flexibility index (Phi) is 3.35. The summed E-state index contributed by atoms with van der Waals surface area (Å²) in [6.45, 7) is 1.76. The van der Waals surface area contributed by atoms with Crippen LogP contribution in [0.3, 0.4) is 0 Å². The highest BCUT2D eigenvalue weighted by molar-refractivity contribution is 6.00. The molecule has 6 heteroatoms. The van der Waals surface area contributed by atoms with Crippen LogP contribution in [0.4, 0.5) is 0 Å². The van der Waals surface area contributed by atoms with Gasteiger partial charge in [0.2, 0.25) is 11.7 Å². The molecule has 3 rings (SSSR count). The number of rotatable bonds is 4. The van der Waals surface area contributed by atoms with Crippen molar-refractivity contribution in [3.63, 3.8) is 0 Å². The summed E-state index contributed by atoms with van der Waals surface area (Å²) in [4.78, 5) is 16.6. The van der Waals surface area contributed by atoms with Crippen molar-refractivity contribution in [1.82, 2.24) is 19.9 Å². The third-order valence-electron chi connectivity index (χ3n) is 3.23. The lowest BCUT2D eigenvalue weighted by Gasteiger charge is -2.04. The van der Waals surface area contributed by atoms with Gasteiger partial charge in [0.15, 0.2) is 5.78 Å². The molecule has 0 bridgehead atoms. The lowest BCUT2D eigenvalue weighted by atomic mass is 9.99. The normalized spacial score (nSPS) is 12.3. The minimum Gasteiger partial charge on any atom is -0.338 e. The molecule has 0 saturated carbocycles. The van der Waals surface area contributed by atoms with Gasteiger partial charge in [-0.15, -0.1) is 0 Å². The number of hydrogen-bond acceptors (Lipinski definition) is 5. The number of nitrogens with zero attached hydrogens (tertiary/aromatic N) is 4. The van der Waals surface area contributed by atoms with Crippen LogP contribution in [0.1, 0.15) is 29.1 Å². The van der Waals surface area contributed by atoms with Gasteiger partial charge in [-0.25, -0.2) is 0 Å². The van der Waals surface area contributed by atoms with Gasteiger partial charge in [-0.3, -0.25) is 9.48 Å². The first-order valence-electron chi connectivity index (χ1n) is 6.57. The third kappa shape index (κ3) is 2.60. The molecule has 3 aromatic rings. The van der Waals surface area contributed by atoms with E-state index in [9.17, 15) is 4.79 Å². The van der Waals surface area contributed by atoms with Gasteiger partial charge in [-0.2, -0.15) is 10.1 Å². The minimum absolute atomic E-state index is 0.0445. The summed E-state index contributed by atoms with van der Waals surface area (Å²) in [6, 6.07) is 9.08. The summed E-state index contributed by atoms with van der Waals surface area (Å²) in [7, 11) is 1.81. The van der Waals surface area contributed by atoms with E-state index in [2.05, 4.69) is 15.2 Å². The molecule has 0 aliphatic carbocycles. The Hall–Kier alpha value is -2.76. The Bertz CT molecular complexity index is 761. The first kappa shape index (κ1) is 13.2. The molecule has 21 heavy (non-hydrogen) atoms. The fraction of sp³-hybridized carbons (Fsp3) is 0.200. The highest BCUT2D eigenvalue weighted by Gasteiger charge is 2.23. The second kappa shape index (κ2) is 5.32. The van der Waals surface area contributed by atoms with Crippen molar-refractivity contribution in [2.24, 2.45) is 7.05 Å². The highest BCUT2D eigenvalue weighted by Crippen LogP contribution is 2.22. The van der Waals surface area contributed by atoms with Gasteiger partial charge in [-0.05, 0) is 6.92 Å². The number of hydrogen-bond donors (Lipinski definition) is 0. The number of carbonyl (C=O) groups excluding carboxylic acids is 1. The van der Waals surface area contributed by atoms with Gasteiger partial charge in [0.05, 0.1) is 17.7 Å². The van der Waals surface area contributed by atoms with Crippen LogP contribution in [0.5, 0.6) is 0 Å². The first-order chi connectivity index (χ1) is 10.1. The molecule has 0 N–H and O–H groups in total. The predicted octanol–water partition coefficient (Wildman–Crippen LogP) is 2.46. The molecule has 0 spiro atoms. The van der Waals surface area contributed by atoms with Crippen LogP contribution >= 0.6 is 0 Å². The summed E-state index contributed by atoms with van der Waals surface area (Å²) >= 11 is 0. The molecular formula is C15H14N4O2. The van der Waals surface area contributed by atoms with Crippen LogP contribution in [0.2, 0.25) is 0 Å². The van der Waals surface area contributed by atoms with Gasteiger partial charge in [0, 0.05) is 18.8 Å². The molecule has 0 radical (unpaired) electrons. The molecule has 1 atom stereocenters. The lowest BCUT2D eigenvalue weighted by Crippen LogP contribution is -2.09. The first-order valence-corrected chi connectivity index (χ1v) is 6.57. The maximum Gasteiger partial charge on any atom is 0.237 e. The standard InChI is InChI=1S/C15H14N4O2/c1-10(13(20)11-6-4-3-5-7-11)15-17-14(18-21-15)12-8-16-19(2)9-12/h3-10H,1-2H3. The number of carbonyl (C=O) groups is 1. The number of benzene rings is 1. The monoisotopic (exact) mass is 282 g/mol. The average Bonchev–Trinajstić information content (AvgIpc) is 3.15. The van der Waals surface area contributed by atoms with Crippen molar-refractivity contribution in [3.05, 3.63) is 54.2 Å². The third-order valence-corrected chi connectivity index (χ3v) is 3.23. The summed E-state index contributed by atoms with van der Waals surface area (Å²) < 4.78 is 6.87. The molecule has 2 aromatic heterocycles. The quantitative estimate of drug-likeness (QED) is 0.687. The van der Waals surface area contributed by atoms with Crippen molar-refractivity contribution in [2.75, 3.05) is 0 Å². The van der Waals surface area contributed by atoms with E-state index in [1.807, 2.05) is 25.2 Å². The summed E-state index contributed by atoms with van der Waals surface area (Å²) in [5, 5.41) is 7.96. The summed E-state index contributed by atoms with van der Waals surface area (Å²) in [5.74, 6) is 0.218. The Balaban J connectivity index is 1.84. The SMILES string of the molecule is CC(C(=O)c1ccccc1)c1nc(-c2cnn(C)c2)no1. The van der Waals surface area contributed by atoms with Crippen molar-refractivity contribution in [2.45, 2.75) is 12.8 Å². The van der Waals surface area contributed by atoms with Crippen LogP contribution < -0.4 is 0 Å². The molecule has 6 nitrogen and oxygen atoms in total. The van der Waals surface area contributed by atoms with Crippen LogP contribution in [0.15, 0.2) is 47.2 Å². The van der Waals surface area contributed by atoms with E-state index in [1.165, 1.54) is 0 Å². The van der Waals surface area contributed by atoms with E-state index in [-0.39, 0.29) is 5.78 Å². The molecule has 0 amide bonds. The van der Waals surface area contributed by atoms with E-state index in [4.69, 9.17) is 4.52 Å². The van der Waals surface area contributed by atoms with Crippen LogP contribution in [-0.4, -0.2) is 25.7 Å². The molecule has 1 unspecified atom stereocenters. The number of ketones is 1. The van der Waals surface area contributed by atoms with Gasteiger partial charge in [-0.1, -0.05) is 35.5 Å². The van der Waals surface area contributed by atoms with Gasteiger partial charge >= 0.3 is 0 Å². The zero-order valence-electron chi connectivity index (χ0n) is 11.7. The zero-order valence-corrected chi connectivity index (χ0v) is 11.7. The van der Waals surface area contributed by atoms with Gasteiger partial charge in [0.25, 0.3) is 0 Å². The Morgan fingerprint density at radius 2 is 2.05 bits per heavy atom. The van der Waals surface area contributed by atoms with Crippen LogP contribution in [-0.2, 0) is 7.05 Å². The van der Waals surface area contributed by atoms with E-state index in [0.717, 1.165) is 5.56 Å². The maximum atomic E-state index is 12.4. The number of aryl methyl sites for hydroxylation is 1. The smallest absolute Gasteiger partial charge is 0.237 e. The van der Waals surface area contributed by atoms with Crippen LogP contribution in [0, 0.1) is 0 Å². The fourth-order valence-corrected chi connectivity index (χ4v) is 2.03. The molecule has 2 heterocycles. The maximum absolute atomic E-state index is 12.4. The van der Waals surface area contributed by atoms with Crippen LogP contribution in [0.25, 0.3) is 11.4 Å². The van der Waals surface area contributed by atoms with Gasteiger partial charge < -0.3 is 4.52 Å². The van der Waals surface area contributed by atoms with Crippen molar-refractivity contribution >= 4 is 5.78 Å². The molecular weight excluding hydrogens is 268 g/mol. The number of aromatic nitrogens is 4. The van der Waals surface area contributed by atoms with E-state index >= 15 is 0 Å². The van der Waals surface area contributed by atoms with E-state index in [0.29, 0.717) is 17.3 Å². The van der Waals surface area contributed by atoms with Crippen molar-refractivity contribution in [1.29, 1.82) is 0 Å². The largest absolute Gasteiger partial charge is 0.338 e. The molecule has 0 fully saturated rings. The summed E-state index contributed by atoms with van der Waals surface area (Å²) in [5.41, 5.74) is 1.39. The second-order valence-electron chi connectivity index (χ2n) is 4.81. The minimum atomic E-state index is -0.481. The zero-order chi connectivity index (χ0) is 14.8. The number of Topliss-reactive ketones (excluding diaryl/α,β-unsaturated/α-hetero) is 1.